The lowest BCUT2D eigenvalue weighted by Crippen LogP contribution is -2.32. The summed E-state index contributed by atoms with van der Waals surface area (Å²) in [6, 6.07) is 7.76. The van der Waals surface area contributed by atoms with E-state index in [1.165, 1.54) is 0 Å². The highest BCUT2D eigenvalue weighted by Crippen LogP contribution is 2.24. The Labute approximate surface area is 136 Å². The third-order valence-corrected chi connectivity index (χ3v) is 3.65. The van der Waals surface area contributed by atoms with Gasteiger partial charge >= 0.3 is 0 Å². The van der Waals surface area contributed by atoms with Crippen LogP contribution in [0, 0.1) is 12.3 Å². The number of nitrogens with one attached hydrogen (secondary N) is 2. The number of hydrogen-bond donors (Lipinski definition) is 2. The number of likely N-dealkylation sites (N-methyl/N-ethyl adjacent to an activating group) is 1. The first-order valence-electron chi connectivity index (χ1n) is 7.31. The highest BCUT2D eigenvalue weighted by Gasteiger charge is 2.03. The second kappa shape index (κ2) is 8.60. The molecule has 1 heterocycles. The third-order valence-electron chi connectivity index (χ3n) is 3.41. The minimum Gasteiger partial charge on any atom is -0.383 e. The van der Waals surface area contributed by atoms with Gasteiger partial charge in [0.05, 0.1) is 12.1 Å². The number of pyridine rings is 1. The molecule has 0 spiro atoms. The van der Waals surface area contributed by atoms with Gasteiger partial charge in [0.2, 0.25) is 0 Å². The predicted octanol–water partition coefficient (Wildman–Crippen LogP) is 2.45. The van der Waals surface area contributed by atoms with Crippen molar-refractivity contribution in [3.63, 3.8) is 0 Å². The number of terminal acetylenes is 1. The van der Waals surface area contributed by atoms with E-state index in [0.29, 0.717) is 11.6 Å². The quantitative estimate of drug-likeness (QED) is 0.580. The first-order valence-corrected chi connectivity index (χ1v) is 7.69. The summed E-state index contributed by atoms with van der Waals surface area (Å²) < 4.78 is 0. The average Bonchev–Trinajstić information content (AvgIpc) is 2.51. The molecule has 5 heteroatoms. The molecule has 1 aromatic heterocycles. The third kappa shape index (κ3) is 4.88. The minimum absolute atomic E-state index is 0.623. The summed E-state index contributed by atoms with van der Waals surface area (Å²) in [5, 5.41) is 8.44. The Morgan fingerprint density at radius 1 is 1.27 bits per heavy atom. The van der Waals surface area contributed by atoms with Crippen molar-refractivity contribution in [2.45, 2.75) is 0 Å². The number of aromatic nitrogens is 1. The molecule has 2 rings (SSSR count). The first-order chi connectivity index (χ1) is 10.7. The standard InChI is InChI=1S/C17H21ClN4/c1-3-7-19-9-11-22(2)12-10-21-16-6-8-20-17-13-14(18)4-5-15(16)17/h1,4-6,8,13,19H,7,9-12H2,2H3,(H,20,21). The van der Waals surface area contributed by atoms with Crippen molar-refractivity contribution < 1.29 is 0 Å². The van der Waals surface area contributed by atoms with Crippen LogP contribution in [0.4, 0.5) is 5.69 Å². The van der Waals surface area contributed by atoms with E-state index in [1.807, 2.05) is 24.3 Å². The summed E-state index contributed by atoms with van der Waals surface area (Å²) in [4.78, 5) is 6.61. The van der Waals surface area contributed by atoms with Gasteiger partial charge in [-0.3, -0.25) is 4.98 Å². The number of rotatable bonds is 8. The Hall–Kier alpha value is -1.80. The highest BCUT2D eigenvalue weighted by atomic mass is 35.5. The first kappa shape index (κ1) is 16.6. The van der Waals surface area contributed by atoms with Gasteiger partial charge in [0.1, 0.15) is 0 Å². The van der Waals surface area contributed by atoms with E-state index in [2.05, 4.69) is 33.5 Å². The van der Waals surface area contributed by atoms with Crippen molar-refractivity contribution >= 4 is 28.2 Å². The molecule has 4 nitrogen and oxygen atoms in total. The molecule has 0 radical (unpaired) electrons. The molecule has 0 bridgehead atoms. The van der Waals surface area contributed by atoms with Crippen molar-refractivity contribution in [3.05, 3.63) is 35.5 Å². The summed E-state index contributed by atoms with van der Waals surface area (Å²) in [6.45, 7) is 4.31. The molecule has 1 aromatic carbocycles. The topological polar surface area (TPSA) is 40.2 Å². The summed E-state index contributed by atoms with van der Waals surface area (Å²) >= 11 is 6.00. The zero-order chi connectivity index (χ0) is 15.8. The molecule has 2 N–H and O–H groups in total. The van der Waals surface area contributed by atoms with E-state index < -0.39 is 0 Å². The highest BCUT2D eigenvalue weighted by molar-refractivity contribution is 6.31. The summed E-state index contributed by atoms with van der Waals surface area (Å²) in [6.07, 6.45) is 7.00. The van der Waals surface area contributed by atoms with E-state index in [-0.39, 0.29) is 0 Å². The maximum atomic E-state index is 6.00. The molecule has 0 amide bonds. The SMILES string of the molecule is C#CCNCCN(C)CCNc1ccnc2cc(Cl)ccc12. The van der Waals surface area contributed by atoms with Crippen molar-refractivity contribution in [1.29, 1.82) is 0 Å². The van der Waals surface area contributed by atoms with Gasteiger partial charge in [-0.25, -0.2) is 0 Å². The molecule has 0 saturated carbocycles. The Morgan fingerprint density at radius 3 is 2.91 bits per heavy atom. The fraction of sp³-hybridized carbons (Fsp3) is 0.353. The number of anilines is 1. The monoisotopic (exact) mass is 316 g/mol. The molecular weight excluding hydrogens is 296 g/mol. The van der Waals surface area contributed by atoms with E-state index in [9.17, 15) is 0 Å². The van der Waals surface area contributed by atoms with Gasteiger partial charge in [0.25, 0.3) is 0 Å². The van der Waals surface area contributed by atoms with Crippen LogP contribution in [-0.4, -0.2) is 49.7 Å². The van der Waals surface area contributed by atoms with E-state index in [1.54, 1.807) is 6.20 Å². The van der Waals surface area contributed by atoms with Crippen LogP contribution in [0.3, 0.4) is 0 Å². The van der Waals surface area contributed by atoms with Crippen molar-refractivity contribution in [3.8, 4) is 12.3 Å². The fourth-order valence-corrected chi connectivity index (χ4v) is 2.37. The maximum Gasteiger partial charge on any atom is 0.0737 e. The molecule has 2 aromatic rings. The number of halogens is 1. The van der Waals surface area contributed by atoms with Gasteiger partial charge in [0.15, 0.2) is 0 Å². The number of fused-ring (bicyclic) bond motifs is 1. The van der Waals surface area contributed by atoms with E-state index in [4.69, 9.17) is 18.0 Å². The van der Waals surface area contributed by atoms with Gasteiger partial charge in [-0.05, 0) is 31.3 Å². The zero-order valence-electron chi connectivity index (χ0n) is 12.8. The van der Waals surface area contributed by atoms with Crippen molar-refractivity contribution in [2.75, 3.05) is 45.1 Å². The van der Waals surface area contributed by atoms with Crippen LogP contribution in [0.1, 0.15) is 0 Å². The Bertz CT molecular complexity index is 651. The van der Waals surface area contributed by atoms with Crippen LogP contribution in [-0.2, 0) is 0 Å². The average molecular weight is 317 g/mol. The lowest BCUT2D eigenvalue weighted by Gasteiger charge is -2.17. The summed E-state index contributed by atoms with van der Waals surface area (Å²) in [7, 11) is 2.10. The Morgan fingerprint density at radius 2 is 2.09 bits per heavy atom. The Kier molecular flexibility index (Phi) is 6.47. The van der Waals surface area contributed by atoms with Gasteiger partial charge in [-0.2, -0.15) is 0 Å². The predicted molar refractivity (Wildman–Crippen MR) is 94.4 cm³/mol. The maximum absolute atomic E-state index is 6.00. The summed E-state index contributed by atoms with van der Waals surface area (Å²) in [5.41, 5.74) is 1.99. The normalized spacial score (nSPS) is 10.8. The molecule has 22 heavy (non-hydrogen) atoms. The molecule has 0 aliphatic rings. The van der Waals surface area contributed by atoms with Gasteiger partial charge < -0.3 is 15.5 Å². The second-order valence-electron chi connectivity index (χ2n) is 5.13. The van der Waals surface area contributed by atoms with Crippen LogP contribution in [0.5, 0.6) is 0 Å². The molecule has 0 saturated heterocycles. The largest absolute Gasteiger partial charge is 0.383 e. The van der Waals surface area contributed by atoms with Crippen LogP contribution >= 0.6 is 11.6 Å². The van der Waals surface area contributed by atoms with Crippen molar-refractivity contribution in [1.82, 2.24) is 15.2 Å². The smallest absolute Gasteiger partial charge is 0.0737 e. The molecule has 0 fully saturated rings. The van der Waals surface area contributed by atoms with Gasteiger partial charge in [-0.1, -0.05) is 17.5 Å². The van der Waals surface area contributed by atoms with Crippen molar-refractivity contribution in [2.24, 2.45) is 0 Å². The fourth-order valence-electron chi connectivity index (χ4n) is 2.20. The number of nitrogens with zero attached hydrogens (tertiary/aromatic N) is 2. The second-order valence-corrected chi connectivity index (χ2v) is 5.57. The van der Waals surface area contributed by atoms with Crippen LogP contribution in [0.25, 0.3) is 10.9 Å². The van der Waals surface area contributed by atoms with Crippen LogP contribution in [0.2, 0.25) is 5.02 Å². The van der Waals surface area contributed by atoms with Crippen LogP contribution in [0.15, 0.2) is 30.5 Å². The van der Waals surface area contributed by atoms with Gasteiger partial charge in [-0.15, -0.1) is 6.42 Å². The van der Waals surface area contributed by atoms with E-state index in [0.717, 1.165) is 42.8 Å². The van der Waals surface area contributed by atoms with Crippen LogP contribution < -0.4 is 10.6 Å². The number of benzene rings is 1. The lowest BCUT2D eigenvalue weighted by molar-refractivity contribution is 0.346. The molecule has 0 aliphatic heterocycles. The summed E-state index contributed by atoms with van der Waals surface area (Å²) in [5.74, 6) is 2.57. The molecular formula is C17H21ClN4. The molecule has 116 valence electrons. The zero-order valence-corrected chi connectivity index (χ0v) is 13.5. The lowest BCUT2D eigenvalue weighted by atomic mass is 10.2. The molecule has 0 atom stereocenters. The Balaban J connectivity index is 1.83. The number of hydrogen-bond acceptors (Lipinski definition) is 4. The minimum atomic E-state index is 0.623. The molecule has 0 unspecified atom stereocenters. The molecule has 0 aliphatic carbocycles. The van der Waals surface area contributed by atoms with Gasteiger partial charge in [0, 0.05) is 48.5 Å². The van der Waals surface area contributed by atoms with E-state index >= 15 is 0 Å².